The number of carbonyl (C=O) groups is 1. The fourth-order valence-electron chi connectivity index (χ4n) is 7.71. The predicted molar refractivity (Wildman–Crippen MR) is 187 cm³/mol. The largest absolute Gasteiger partial charge is 0.458 e. The van der Waals surface area contributed by atoms with Crippen LogP contribution in [0.15, 0.2) is 91.0 Å². The molecule has 230 valence electrons. The number of hydrogen-bond donors (Lipinski definition) is 2. The number of H-pyrrole nitrogens is 2. The Kier molecular flexibility index (Phi) is 7.45. The van der Waals surface area contributed by atoms with Gasteiger partial charge >= 0.3 is 5.97 Å². The highest BCUT2D eigenvalue weighted by Gasteiger charge is 2.51. The number of rotatable bonds is 6. The summed E-state index contributed by atoms with van der Waals surface area (Å²) < 4.78 is 13.5. The van der Waals surface area contributed by atoms with Crippen molar-refractivity contribution in [1.29, 1.82) is 0 Å². The maximum atomic E-state index is 13.6. The SMILES string of the molecule is Cc1c(C(=O)OC2CCC(O[Si](c3ccccc3)(c3ccccc3)C(C)(C)C)CC2)[nH]c2cc3c([nH]c4ccccc43)c(C)c12. The number of aromatic nitrogens is 2. The molecule has 0 spiro atoms. The van der Waals surface area contributed by atoms with Crippen LogP contribution in [0, 0.1) is 13.8 Å². The Hall–Kier alpha value is -4.13. The zero-order valence-electron chi connectivity index (χ0n) is 26.9. The van der Waals surface area contributed by atoms with Crippen molar-refractivity contribution in [3.8, 4) is 0 Å². The average Bonchev–Trinajstić information content (AvgIpc) is 3.59. The van der Waals surface area contributed by atoms with E-state index in [4.69, 9.17) is 9.16 Å². The Morgan fingerprint density at radius 3 is 1.91 bits per heavy atom. The topological polar surface area (TPSA) is 67.1 Å². The minimum Gasteiger partial charge on any atom is -0.458 e. The Balaban J connectivity index is 1.10. The highest BCUT2D eigenvalue weighted by molar-refractivity contribution is 6.99. The van der Waals surface area contributed by atoms with Crippen LogP contribution in [-0.2, 0) is 9.16 Å². The molecule has 7 rings (SSSR count). The summed E-state index contributed by atoms with van der Waals surface area (Å²) in [5, 5.41) is 5.96. The molecule has 45 heavy (non-hydrogen) atoms. The number of para-hydroxylation sites is 1. The van der Waals surface area contributed by atoms with E-state index < -0.39 is 8.32 Å². The second-order valence-electron chi connectivity index (χ2n) is 13.7. The Morgan fingerprint density at radius 2 is 1.29 bits per heavy atom. The molecule has 2 N–H and O–H groups in total. The van der Waals surface area contributed by atoms with E-state index in [-0.39, 0.29) is 23.2 Å². The molecule has 2 heterocycles. The second-order valence-corrected chi connectivity index (χ2v) is 18.0. The molecule has 0 atom stereocenters. The molecule has 0 unspecified atom stereocenters. The molecular formula is C39H42N2O3Si. The summed E-state index contributed by atoms with van der Waals surface area (Å²) in [6, 6.07) is 32.1. The number of aromatic amines is 2. The van der Waals surface area contributed by atoms with E-state index >= 15 is 0 Å². The second kappa shape index (κ2) is 11.3. The maximum Gasteiger partial charge on any atom is 0.355 e. The molecule has 4 aromatic carbocycles. The molecule has 0 aliphatic heterocycles. The van der Waals surface area contributed by atoms with E-state index in [0.29, 0.717) is 5.69 Å². The van der Waals surface area contributed by atoms with Gasteiger partial charge in [0.25, 0.3) is 8.32 Å². The number of benzene rings is 4. The van der Waals surface area contributed by atoms with Gasteiger partial charge in [-0.05, 0) is 78.2 Å². The molecule has 0 bridgehead atoms. The third-order valence-electron chi connectivity index (χ3n) is 9.92. The first-order chi connectivity index (χ1) is 21.7. The fourth-order valence-corrected chi connectivity index (χ4v) is 12.5. The zero-order chi connectivity index (χ0) is 31.3. The van der Waals surface area contributed by atoms with Gasteiger partial charge in [-0.25, -0.2) is 4.79 Å². The van der Waals surface area contributed by atoms with E-state index in [1.165, 1.54) is 15.8 Å². The summed E-state index contributed by atoms with van der Waals surface area (Å²) >= 11 is 0. The fraction of sp³-hybridized carbons (Fsp3) is 0.308. The lowest BCUT2D eigenvalue weighted by Gasteiger charge is -2.46. The van der Waals surface area contributed by atoms with Crippen LogP contribution in [0.4, 0.5) is 0 Å². The summed E-state index contributed by atoms with van der Waals surface area (Å²) in [6.45, 7) is 11.1. The molecule has 1 fully saturated rings. The van der Waals surface area contributed by atoms with Crippen LogP contribution in [0.1, 0.15) is 68.1 Å². The van der Waals surface area contributed by atoms with Crippen LogP contribution in [-0.4, -0.2) is 36.5 Å². The highest BCUT2D eigenvalue weighted by atomic mass is 28.4. The van der Waals surface area contributed by atoms with Gasteiger partial charge in [-0.15, -0.1) is 0 Å². The van der Waals surface area contributed by atoms with Gasteiger partial charge in [0.15, 0.2) is 0 Å². The first-order valence-electron chi connectivity index (χ1n) is 16.2. The summed E-state index contributed by atoms with van der Waals surface area (Å²) in [6.07, 6.45) is 3.31. The molecule has 0 saturated heterocycles. The van der Waals surface area contributed by atoms with Crippen LogP contribution < -0.4 is 10.4 Å². The van der Waals surface area contributed by atoms with Crippen LogP contribution in [0.5, 0.6) is 0 Å². The Morgan fingerprint density at radius 1 is 0.711 bits per heavy atom. The van der Waals surface area contributed by atoms with Crippen molar-refractivity contribution in [3.63, 3.8) is 0 Å². The van der Waals surface area contributed by atoms with Gasteiger partial charge in [-0.2, -0.15) is 0 Å². The summed E-state index contributed by atoms with van der Waals surface area (Å²) in [5.41, 5.74) is 5.84. The molecule has 6 aromatic rings. The molecule has 1 aliphatic carbocycles. The molecule has 1 saturated carbocycles. The standard InChI is InChI=1S/C39H42N2O3Si/c1-25-35-26(2)37(41-34(35)24-32-31-18-12-13-19-33(31)40-36(25)32)38(42)43-27-20-22-28(23-21-27)44-45(39(3,4)5,29-14-8-6-9-15-29)30-16-10-7-11-17-30/h6-19,24,27-28,40-41H,20-23H2,1-5H3. The summed E-state index contributed by atoms with van der Waals surface area (Å²) in [7, 11) is -2.62. The van der Waals surface area contributed by atoms with Gasteiger partial charge in [-0.3, -0.25) is 0 Å². The Labute approximate surface area is 266 Å². The number of ether oxygens (including phenoxy) is 1. The van der Waals surface area contributed by atoms with E-state index in [1.54, 1.807) is 0 Å². The molecular weight excluding hydrogens is 573 g/mol. The molecule has 2 aromatic heterocycles. The monoisotopic (exact) mass is 614 g/mol. The number of esters is 1. The van der Waals surface area contributed by atoms with E-state index in [0.717, 1.165) is 64.1 Å². The number of nitrogens with one attached hydrogen (secondary N) is 2. The summed E-state index contributed by atoms with van der Waals surface area (Å²) in [4.78, 5) is 20.6. The number of aryl methyl sites for hydroxylation is 2. The minimum atomic E-state index is -2.62. The lowest BCUT2D eigenvalue weighted by molar-refractivity contribution is 0.00653. The van der Waals surface area contributed by atoms with Gasteiger partial charge in [0.05, 0.1) is 5.52 Å². The molecule has 5 nitrogen and oxygen atoms in total. The normalized spacial score (nSPS) is 17.7. The third kappa shape index (κ3) is 5.01. The van der Waals surface area contributed by atoms with Crippen LogP contribution >= 0.6 is 0 Å². The molecule has 0 radical (unpaired) electrons. The number of hydrogen-bond acceptors (Lipinski definition) is 3. The Bertz CT molecular complexity index is 1960. The first-order valence-corrected chi connectivity index (χ1v) is 18.1. The van der Waals surface area contributed by atoms with Gasteiger partial charge in [0.2, 0.25) is 0 Å². The number of fused-ring (bicyclic) bond motifs is 4. The van der Waals surface area contributed by atoms with Crippen molar-refractivity contribution in [3.05, 3.63) is 108 Å². The summed E-state index contributed by atoms with van der Waals surface area (Å²) in [5.74, 6) is -0.270. The molecule has 1 aliphatic rings. The minimum absolute atomic E-state index is 0.0674. The van der Waals surface area contributed by atoms with Crippen molar-refractivity contribution in [2.75, 3.05) is 0 Å². The van der Waals surface area contributed by atoms with Crippen LogP contribution in [0.25, 0.3) is 32.7 Å². The van der Waals surface area contributed by atoms with Gasteiger partial charge in [-0.1, -0.05) is 99.6 Å². The smallest absolute Gasteiger partial charge is 0.355 e. The predicted octanol–water partition coefficient (Wildman–Crippen LogP) is 8.46. The van der Waals surface area contributed by atoms with Crippen molar-refractivity contribution in [1.82, 2.24) is 9.97 Å². The quantitative estimate of drug-likeness (QED) is 0.146. The van der Waals surface area contributed by atoms with Gasteiger partial charge in [0, 0.05) is 33.3 Å². The average molecular weight is 615 g/mol. The first kappa shape index (κ1) is 29.6. The van der Waals surface area contributed by atoms with E-state index in [9.17, 15) is 4.79 Å². The molecule has 6 heteroatoms. The van der Waals surface area contributed by atoms with Crippen LogP contribution in [0.2, 0.25) is 5.04 Å². The number of carbonyl (C=O) groups excluding carboxylic acids is 1. The van der Waals surface area contributed by atoms with Crippen molar-refractivity contribution < 1.29 is 14.0 Å². The zero-order valence-corrected chi connectivity index (χ0v) is 27.9. The van der Waals surface area contributed by atoms with E-state index in [2.05, 4.69) is 123 Å². The van der Waals surface area contributed by atoms with Crippen molar-refractivity contribution in [2.45, 2.75) is 77.5 Å². The lowest BCUT2D eigenvalue weighted by Crippen LogP contribution is -2.67. The van der Waals surface area contributed by atoms with Crippen molar-refractivity contribution >= 4 is 57.4 Å². The maximum absolute atomic E-state index is 13.6. The van der Waals surface area contributed by atoms with Gasteiger partial charge < -0.3 is 19.1 Å². The lowest BCUT2D eigenvalue weighted by atomic mass is 9.95. The highest BCUT2D eigenvalue weighted by Crippen LogP contribution is 2.40. The molecule has 0 amide bonds. The van der Waals surface area contributed by atoms with Crippen molar-refractivity contribution in [2.24, 2.45) is 0 Å². The van der Waals surface area contributed by atoms with E-state index in [1.807, 2.05) is 13.0 Å². The van der Waals surface area contributed by atoms with Crippen LogP contribution in [0.3, 0.4) is 0 Å². The third-order valence-corrected chi connectivity index (χ3v) is 15.0. The van der Waals surface area contributed by atoms with Gasteiger partial charge in [0.1, 0.15) is 11.8 Å².